The van der Waals surface area contributed by atoms with E-state index in [1.54, 1.807) is 0 Å². The van der Waals surface area contributed by atoms with Gasteiger partial charge in [0.2, 0.25) is 0 Å². The number of ether oxygens (including phenoxy) is 1. The van der Waals surface area contributed by atoms with Gasteiger partial charge < -0.3 is 10.5 Å². The average molecular weight is 297 g/mol. The summed E-state index contributed by atoms with van der Waals surface area (Å²) >= 11 is 5.58. The van der Waals surface area contributed by atoms with Gasteiger partial charge in [-0.05, 0) is 30.7 Å². The number of unbranched alkanes of at least 4 members (excludes halogenated alkanes) is 5. The Bertz CT molecular complexity index is 390. The van der Waals surface area contributed by atoms with Crippen molar-refractivity contribution < 1.29 is 4.74 Å². The van der Waals surface area contributed by atoms with Crippen LogP contribution in [-0.2, 0) is 0 Å². The highest BCUT2D eigenvalue weighted by atomic mass is 35.5. The van der Waals surface area contributed by atoms with E-state index in [1.807, 2.05) is 24.3 Å². The van der Waals surface area contributed by atoms with E-state index in [1.165, 1.54) is 32.1 Å². The molecule has 0 radical (unpaired) electrons. The van der Waals surface area contributed by atoms with Crippen molar-refractivity contribution in [3.63, 3.8) is 0 Å². The van der Waals surface area contributed by atoms with Crippen LogP contribution < -0.4 is 10.5 Å². The average Bonchev–Trinajstić information content (AvgIpc) is 2.48. The van der Waals surface area contributed by atoms with Gasteiger partial charge in [-0.1, -0.05) is 39.0 Å². The lowest BCUT2D eigenvalue weighted by atomic mass is 10.1. The molecule has 0 saturated carbocycles. The van der Waals surface area contributed by atoms with Crippen LogP contribution >= 0.6 is 11.6 Å². The third kappa shape index (κ3) is 7.39. The zero-order valence-corrected chi connectivity index (χ0v) is 13.0. The second-order valence-electron chi connectivity index (χ2n) is 4.85. The molecule has 0 spiro atoms. The van der Waals surface area contributed by atoms with Gasteiger partial charge in [0.05, 0.1) is 18.2 Å². The van der Waals surface area contributed by atoms with Crippen LogP contribution in [0.5, 0.6) is 5.75 Å². The summed E-state index contributed by atoms with van der Waals surface area (Å²) in [6.45, 7) is 3.01. The number of amidine groups is 1. The first kappa shape index (κ1) is 16.8. The van der Waals surface area contributed by atoms with Crippen molar-refractivity contribution in [1.82, 2.24) is 0 Å². The molecule has 1 aromatic carbocycles. The molecule has 0 fully saturated rings. The second kappa shape index (κ2) is 10.6. The van der Waals surface area contributed by atoms with E-state index in [2.05, 4.69) is 11.9 Å². The molecular formula is C16H25ClN2O. The minimum Gasteiger partial charge on any atom is -0.494 e. The van der Waals surface area contributed by atoms with Gasteiger partial charge >= 0.3 is 0 Å². The second-order valence-corrected chi connectivity index (χ2v) is 5.11. The number of nitrogens with two attached hydrogens (primary N) is 1. The fraction of sp³-hybridized carbons (Fsp3) is 0.562. The van der Waals surface area contributed by atoms with Crippen molar-refractivity contribution in [3.8, 4) is 5.75 Å². The summed E-state index contributed by atoms with van der Waals surface area (Å²) in [4.78, 5) is 4.16. The molecule has 1 aromatic rings. The van der Waals surface area contributed by atoms with Gasteiger partial charge in [0.1, 0.15) is 11.6 Å². The predicted octanol–water partition coefficient (Wildman–Crippen LogP) is 4.65. The predicted molar refractivity (Wildman–Crippen MR) is 87.3 cm³/mol. The fourth-order valence-corrected chi connectivity index (χ4v) is 1.94. The Labute approximate surface area is 127 Å². The summed E-state index contributed by atoms with van der Waals surface area (Å²) in [7, 11) is 0. The van der Waals surface area contributed by atoms with Crippen LogP contribution in [0.4, 0.5) is 5.69 Å². The van der Waals surface area contributed by atoms with Crippen LogP contribution in [0.25, 0.3) is 0 Å². The molecule has 0 bridgehead atoms. The molecule has 0 heterocycles. The highest BCUT2D eigenvalue weighted by Gasteiger charge is 1.96. The molecule has 0 aliphatic carbocycles. The Morgan fingerprint density at radius 3 is 2.40 bits per heavy atom. The number of halogens is 1. The number of aliphatic imine (C=N–C) groups is 1. The number of hydrogen-bond donors (Lipinski definition) is 1. The lowest BCUT2D eigenvalue weighted by molar-refractivity contribution is 0.304. The molecule has 2 N–H and O–H groups in total. The topological polar surface area (TPSA) is 47.6 Å². The molecule has 0 saturated heterocycles. The Kier molecular flexibility index (Phi) is 8.88. The zero-order chi connectivity index (χ0) is 14.6. The number of nitrogens with zero attached hydrogens (tertiary/aromatic N) is 1. The van der Waals surface area contributed by atoms with Crippen LogP contribution in [0.2, 0.25) is 0 Å². The summed E-state index contributed by atoms with van der Waals surface area (Å²) in [5, 5.41) is 0. The van der Waals surface area contributed by atoms with Crippen molar-refractivity contribution in [3.05, 3.63) is 24.3 Å². The number of hydrogen-bond acceptors (Lipinski definition) is 2. The van der Waals surface area contributed by atoms with Gasteiger partial charge in [-0.15, -0.1) is 11.6 Å². The quantitative estimate of drug-likeness (QED) is 0.295. The van der Waals surface area contributed by atoms with Crippen molar-refractivity contribution in [1.29, 1.82) is 0 Å². The Morgan fingerprint density at radius 1 is 1.10 bits per heavy atom. The van der Waals surface area contributed by atoms with Crippen LogP contribution in [-0.4, -0.2) is 18.3 Å². The van der Waals surface area contributed by atoms with Gasteiger partial charge in [0.25, 0.3) is 0 Å². The van der Waals surface area contributed by atoms with E-state index < -0.39 is 0 Å². The monoisotopic (exact) mass is 296 g/mol. The molecule has 0 aliphatic rings. The minimum absolute atomic E-state index is 0.246. The zero-order valence-electron chi connectivity index (χ0n) is 12.3. The van der Waals surface area contributed by atoms with Gasteiger partial charge in [-0.2, -0.15) is 0 Å². The maximum Gasteiger partial charge on any atom is 0.119 e. The smallest absolute Gasteiger partial charge is 0.119 e. The van der Waals surface area contributed by atoms with Crippen LogP contribution in [0.3, 0.4) is 0 Å². The standard InChI is InChI=1S/C16H25ClN2O/c1-2-3-4-5-6-7-12-20-15-10-8-14(9-11-15)19-16(18)13-17/h8-11H,2-7,12-13H2,1H3,(H2,18,19). The largest absolute Gasteiger partial charge is 0.494 e. The lowest BCUT2D eigenvalue weighted by Gasteiger charge is -2.06. The summed E-state index contributed by atoms with van der Waals surface area (Å²) in [6, 6.07) is 7.60. The first-order chi connectivity index (χ1) is 9.76. The Morgan fingerprint density at radius 2 is 1.75 bits per heavy atom. The third-order valence-corrected chi connectivity index (χ3v) is 3.29. The highest BCUT2D eigenvalue weighted by molar-refractivity contribution is 6.28. The van der Waals surface area contributed by atoms with Crippen molar-refractivity contribution in [2.75, 3.05) is 12.5 Å². The Hall–Kier alpha value is -1.22. The third-order valence-electron chi connectivity index (χ3n) is 3.01. The first-order valence-electron chi connectivity index (χ1n) is 7.38. The normalized spacial score (nSPS) is 11.6. The van der Waals surface area contributed by atoms with E-state index >= 15 is 0 Å². The molecule has 20 heavy (non-hydrogen) atoms. The van der Waals surface area contributed by atoms with Gasteiger partial charge in [0, 0.05) is 0 Å². The minimum atomic E-state index is 0.246. The van der Waals surface area contributed by atoms with Crippen molar-refractivity contribution >= 4 is 23.1 Å². The summed E-state index contributed by atoms with van der Waals surface area (Å²) in [5.41, 5.74) is 6.38. The lowest BCUT2D eigenvalue weighted by Crippen LogP contribution is -2.12. The number of alkyl halides is 1. The molecular weight excluding hydrogens is 272 g/mol. The molecule has 0 unspecified atom stereocenters. The van der Waals surface area contributed by atoms with Gasteiger partial charge in [-0.25, -0.2) is 4.99 Å². The maximum absolute atomic E-state index is 5.69. The molecule has 112 valence electrons. The fourth-order valence-electron chi connectivity index (χ4n) is 1.89. The molecule has 0 aromatic heterocycles. The van der Waals surface area contributed by atoms with Gasteiger partial charge in [-0.3, -0.25) is 0 Å². The first-order valence-corrected chi connectivity index (χ1v) is 7.91. The molecule has 1 rings (SSSR count). The van der Waals surface area contributed by atoms with Crippen LogP contribution in [0, 0.1) is 0 Å². The summed E-state index contributed by atoms with van der Waals surface area (Å²) in [6.07, 6.45) is 7.64. The van der Waals surface area contributed by atoms with Crippen molar-refractivity contribution in [2.45, 2.75) is 45.4 Å². The molecule has 3 nitrogen and oxygen atoms in total. The molecule has 4 heteroatoms. The van der Waals surface area contributed by atoms with E-state index in [4.69, 9.17) is 22.1 Å². The van der Waals surface area contributed by atoms with E-state index in [9.17, 15) is 0 Å². The molecule has 0 atom stereocenters. The van der Waals surface area contributed by atoms with E-state index in [0.717, 1.165) is 24.5 Å². The van der Waals surface area contributed by atoms with Crippen LogP contribution in [0.1, 0.15) is 45.4 Å². The van der Waals surface area contributed by atoms with E-state index in [-0.39, 0.29) is 5.88 Å². The Balaban J connectivity index is 2.21. The maximum atomic E-state index is 5.69. The number of rotatable bonds is 10. The summed E-state index contributed by atoms with van der Waals surface area (Å²) < 4.78 is 5.69. The van der Waals surface area contributed by atoms with Crippen molar-refractivity contribution in [2.24, 2.45) is 10.7 Å². The molecule has 0 aliphatic heterocycles. The van der Waals surface area contributed by atoms with Crippen LogP contribution in [0.15, 0.2) is 29.3 Å². The van der Waals surface area contributed by atoms with Gasteiger partial charge in [0.15, 0.2) is 0 Å². The summed E-state index contributed by atoms with van der Waals surface area (Å²) in [5.74, 6) is 1.55. The van der Waals surface area contributed by atoms with E-state index in [0.29, 0.717) is 5.84 Å². The highest BCUT2D eigenvalue weighted by Crippen LogP contribution is 2.18. The number of benzene rings is 1. The SMILES string of the molecule is CCCCCCCCOc1ccc(N=C(N)CCl)cc1. The molecule has 0 amide bonds.